The van der Waals surface area contributed by atoms with Crippen molar-refractivity contribution >= 4 is 0 Å². The summed E-state index contributed by atoms with van der Waals surface area (Å²) >= 11 is 0. The van der Waals surface area contributed by atoms with Gasteiger partial charge >= 0.3 is 0 Å². The van der Waals surface area contributed by atoms with Gasteiger partial charge in [-0.05, 0) is 19.1 Å². The summed E-state index contributed by atoms with van der Waals surface area (Å²) in [6.07, 6.45) is -0.510. The van der Waals surface area contributed by atoms with Gasteiger partial charge in [0.05, 0.1) is 0 Å². The van der Waals surface area contributed by atoms with Gasteiger partial charge in [-0.1, -0.05) is 5.92 Å². The Morgan fingerprint density at radius 1 is 1.60 bits per heavy atom. The largest absolute Gasteiger partial charge is 0.490 e. The summed E-state index contributed by atoms with van der Waals surface area (Å²) in [6, 6.07) is 5.42. The number of fused-ring (bicyclic) bond motifs is 1. The predicted octanol–water partition coefficient (Wildman–Crippen LogP) is 1.51. The molecule has 2 rings (SSSR count). The fourth-order valence-electron chi connectivity index (χ4n) is 1.45. The van der Waals surface area contributed by atoms with E-state index in [4.69, 9.17) is 9.47 Å². The maximum Gasteiger partial charge on any atom is 0.149 e. The van der Waals surface area contributed by atoms with E-state index >= 15 is 0 Å². The highest BCUT2D eigenvalue weighted by atomic mass is 16.5. The van der Waals surface area contributed by atoms with E-state index in [0.717, 1.165) is 5.56 Å². The van der Waals surface area contributed by atoms with Crippen LogP contribution < -0.4 is 9.47 Å². The van der Waals surface area contributed by atoms with Gasteiger partial charge in [-0.15, -0.1) is 5.92 Å². The van der Waals surface area contributed by atoms with Gasteiger partial charge in [0.25, 0.3) is 0 Å². The summed E-state index contributed by atoms with van der Waals surface area (Å²) in [4.78, 5) is 0. The van der Waals surface area contributed by atoms with E-state index in [9.17, 15) is 5.11 Å². The summed E-state index contributed by atoms with van der Waals surface area (Å²) in [7, 11) is 0. The molecule has 0 bridgehead atoms. The summed E-state index contributed by atoms with van der Waals surface area (Å²) in [5.74, 6) is 6.97. The normalized spacial score (nSPS) is 17.3. The maximum absolute atomic E-state index is 9.50. The Hall–Kier alpha value is -1.66. The lowest BCUT2D eigenvalue weighted by Gasteiger charge is -2.04. The second-order valence-electron chi connectivity index (χ2n) is 3.24. The highest BCUT2D eigenvalue weighted by Gasteiger charge is 2.21. The molecule has 15 heavy (non-hydrogen) atoms. The first-order chi connectivity index (χ1) is 7.31. The van der Waals surface area contributed by atoms with Gasteiger partial charge in [-0.2, -0.15) is 0 Å². The number of rotatable bonds is 2. The third-order valence-electron chi connectivity index (χ3n) is 2.23. The Morgan fingerprint density at radius 2 is 2.47 bits per heavy atom. The Bertz CT molecular complexity index is 415. The fraction of sp³-hybridized carbons (Fsp3) is 0.333. The molecule has 1 heterocycles. The summed E-state index contributed by atoms with van der Waals surface area (Å²) in [5, 5.41) is 9.50. The molecule has 0 aliphatic carbocycles. The van der Waals surface area contributed by atoms with Crippen LogP contribution in [0.3, 0.4) is 0 Å². The number of hydrogen-bond acceptors (Lipinski definition) is 3. The molecule has 1 aromatic carbocycles. The molecule has 0 radical (unpaired) electrons. The summed E-state index contributed by atoms with van der Waals surface area (Å²) in [6.45, 7) is 2.47. The molecule has 1 aliphatic rings. The topological polar surface area (TPSA) is 38.7 Å². The van der Waals surface area contributed by atoms with Crippen LogP contribution in [0.1, 0.15) is 18.6 Å². The number of ether oxygens (including phenoxy) is 2. The van der Waals surface area contributed by atoms with Crippen molar-refractivity contribution in [3.8, 4) is 23.3 Å². The lowest BCUT2D eigenvalue weighted by atomic mass is 10.1. The first-order valence-corrected chi connectivity index (χ1v) is 4.78. The van der Waals surface area contributed by atoms with Crippen LogP contribution in [-0.2, 0) is 0 Å². The molecule has 0 spiro atoms. The molecule has 1 atom stereocenters. The first-order valence-electron chi connectivity index (χ1n) is 4.78. The highest BCUT2D eigenvalue weighted by Crippen LogP contribution is 2.34. The Kier molecular flexibility index (Phi) is 2.79. The van der Waals surface area contributed by atoms with Crippen molar-refractivity contribution in [3.05, 3.63) is 23.8 Å². The summed E-state index contributed by atoms with van der Waals surface area (Å²) in [5.41, 5.74) is 0.823. The van der Waals surface area contributed by atoms with Gasteiger partial charge in [0.2, 0.25) is 0 Å². The van der Waals surface area contributed by atoms with Crippen LogP contribution in [0.4, 0.5) is 0 Å². The molecule has 0 fully saturated rings. The zero-order valence-electron chi connectivity index (χ0n) is 8.49. The minimum absolute atomic E-state index is 0.327. The maximum atomic E-state index is 9.50. The van der Waals surface area contributed by atoms with Crippen molar-refractivity contribution < 1.29 is 14.6 Å². The average Bonchev–Trinajstić information content (AvgIpc) is 2.61. The number of aliphatic hydroxyl groups excluding tert-OH is 1. The molecule has 1 aliphatic heterocycles. The second kappa shape index (κ2) is 4.24. The smallest absolute Gasteiger partial charge is 0.149 e. The van der Waals surface area contributed by atoms with Gasteiger partial charge in [0.15, 0.2) is 0 Å². The zero-order chi connectivity index (χ0) is 10.7. The molecule has 3 heteroatoms. The molecule has 1 aromatic rings. The van der Waals surface area contributed by atoms with Gasteiger partial charge < -0.3 is 14.6 Å². The Morgan fingerprint density at radius 3 is 3.27 bits per heavy atom. The van der Waals surface area contributed by atoms with Crippen molar-refractivity contribution in [3.63, 3.8) is 0 Å². The van der Waals surface area contributed by atoms with Crippen molar-refractivity contribution in [1.29, 1.82) is 0 Å². The monoisotopic (exact) mass is 204 g/mol. The van der Waals surface area contributed by atoms with Crippen LogP contribution in [0.2, 0.25) is 0 Å². The first kappa shape index (κ1) is 9.88. The highest BCUT2D eigenvalue weighted by molar-refractivity contribution is 5.44. The minimum Gasteiger partial charge on any atom is -0.490 e. The van der Waals surface area contributed by atoms with Crippen LogP contribution in [-0.4, -0.2) is 18.3 Å². The molecule has 1 unspecified atom stereocenters. The molecule has 0 saturated heterocycles. The van der Waals surface area contributed by atoms with Crippen LogP contribution in [0.5, 0.6) is 11.5 Å². The predicted molar refractivity (Wildman–Crippen MR) is 55.8 cm³/mol. The van der Waals surface area contributed by atoms with E-state index in [2.05, 4.69) is 11.8 Å². The number of aliphatic hydroxyl groups is 1. The standard InChI is InChI=1S/C12H12O3/c1-2-3-6-14-9-4-5-10-11(13)8-15-12(10)7-9/h4-5,7,11,13H,6,8H2,1H3. The third-order valence-corrected chi connectivity index (χ3v) is 2.23. The van der Waals surface area contributed by atoms with Gasteiger partial charge in [-0.3, -0.25) is 0 Å². The van der Waals surface area contributed by atoms with Gasteiger partial charge in [0.1, 0.15) is 30.8 Å². The lowest BCUT2D eigenvalue weighted by molar-refractivity contribution is 0.140. The van der Waals surface area contributed by atoms with E-state index < -0.39 is 6.10 Å². The molecule has 0 saturated carbocycles. The van der Waals surface area contributed by atoms with Crippen LogP contribution in [0.25, 0.3) is 0 Å². The average molecular weight is 204 g/mol. The van der Waals surface area contributed by atoms with E-state index in [0.29, 0.717) is 24.7 Å². The van der Waals surface area contributed by atoms with Crippen molar-refractivity contribution in [2.75, 3.05) is 13.2 Å². The quantitative estimate of drug-likeness (QED) is 0.742. The fourth-order valence-corrected chi connectivity index (χ4v) is 1.45. The van der Waals surface area contributed by atoms with Crippen molar-refractivity contribution in [2.45, 2.75) is 13.0 Å². The molecule has 1 N–H and O–H groups in total. The van der Waals surface area contributed by atoms with Crippen molar-refractivity contribution in [1.82, 2.24) is 0 Å². The van der Waals surface area contributed by atoms with Crippen molar-refractivity contribution in [2.24, 2.45) is 0 Å². The second-order valence-corrected chi connectivity index (χ2v) is 3.24. The van der Waals surface area contributed by atoms with Crippen LogP contribution in [0, 0.1) is 11.8 Å². The molecular formula is C12H12O3. The molecule has 3 nitrogen and oxygen atoms in total. The molecule has 78 valence electrons. The number of benzene rings is 1. The van der Waals surface area contributed by atoms with Crippen LogP contribution >= 0.6 is 0 Å². The Labute approximate surface area is 88.6 Å². The molecule has 0 amide bonds. The Balaban J connectivity index is 2.11. The molecular weight excluding hydrogens is 192 g/mol. The summed E-state index contributed by atoms with van der Waals surface area (Å²) < 4.78 is 10.7. The third kappa shape index (κ3) is 2.05. The van der Waals surface area contributed by atoms with Gasteiger partial charge in [-0.25, -0.2) is 0 Å². The lowest BCUT2D eigenvalue weighted by Crippen LogP contribution is -1.97. The minimum atomic E-state index is -0.510. The SMILES string of the molecule is CC#CCOc1ccc2c(c1)OCC2O. The van der Waals surface area contributed by atoms with E-state index in [-0.39, 0.29) is 0 Å². The van der Waals surface area contributed by atoms with Crippen LogP contribution in [0.15, 0.2) is 18.2 Å². The van der Waals surface area contributed by atoms with Gasteiger partial charge in [0, 0.05) is 11.6 Å². The number of hydrogen-bond donors (Lipinski definition) is 1. The van der Waals surface area contributed by atoms with E-state index in [1.54, 1.807) is 13.0 Å². The van der Waals surface area contributed by atoms with E-state index in [1.807, 2.05) is 12.1 Å². The van der Waals surface area contributed by atoms with E-state index in [1.165, 1.54) is 0 Å². The zero-order valence-corrected chi connectivity index (χ0v) is 8.49. The molecule has 0 aromatic heterocycles.